The van der Waals surface area contributed by atoms with E-state index >= 15 is 0 Å². The van der Waals surface area contributed by atoms with Crippen molar-refractivity contribution in [3.05, 3.63) is 47.7 Å². The average molecular weight is 311 g/mol. The summed E-state index contributed by atoms with van der Waals surface area (Å²) in [5.74, 6) is 0.454. The summed E-state index contributed by atoms with van der Waals surface area (Å²) in [6.45, 7) is 0. The molecule has 0 aliphatic heterocycles. The SMILES string of the molecule is COc1ccc(/C=N/Nc2ccc(C(F)(F)F)cn2)cc1O. The summed E-state index contributed by atoms with van der Waals surface area (Å²) < 4.78 is 42.0. The standard InChI is InChI=1S/C14H12F3N3O2/c1-22-12-4-2-9(6-11(12)21)7-19-20-13-5-3-10(8-18-13)14(15,16)17/h2-8,21H,1H3,(H,18,20)/b19-7+. The van der Waals surface area contributed by atoms with Gasteiger partial charge in [-0.3, -0.25) is 5.43 Å². The van der Waals surface area contributed by atoms with Gasteiger partial charge in [0.15, 0.2) is 11.5 Å². The first kappa shape index (κ1) is 15.6. The van der Waals surface area contributed by atoms with Gasteiger partial charge in [0.25, 0.3) is 0 Å². The molecule has 0 atom stereocenters. The van der Waals surface area contributed by atoms with E-state index in [0.29, 0.717) is 11.3 Å². The average Bonchev–Trinajstić information content (AvgIpc) is 2.47. The van der Waals surface area contributed by atoms with Crippen LogP contribution in [0, 0.1) is 0 Å². The quantitative estimate of drug-likeness (QED) is 0.672. The summed E-state index contributed by atoms with van der Waals surface area (Å²) in [5, 5.41) is 13.4. The Morgan fingerprint density at radius 1 is 1.27 bits per heavy atom. The highest BCUT2D eigenvalue weighted by atomic mass is 19.4. The van der Waals surface area contributed by atoms with Crippen LogP contribution in [0.3, 0.4) is 0 Å². The van der Waals surface area contributed by atoms with Crippen LogP contribution in [0.1, 0.15) is 11.1 Å². The van der Waals surface area contributed by atoms with Crippen LogP contribution in [-0.4, -0.2) is 23.4 Å². The number of hydrogen-bond donors (Lipinski definition) is 2. The Balaban J connectivity index is 2.02. The van der Waals surface area contributed by atoms with E-state index in [2.05, 4.69) is 15.5 Å². The second kappa shape index (κ2) is 6.33. The molecule has 22 heavy (non-hydrogen) atoms. The van der Waals surface area contributed by atoms with E-state index in [0.717, 1.165) is 12.3 Å². The lowest BCUT2D eigenvalue weighted by Crippen LogP contribution is -2.05. The largest absolute Gasteiger partial charge is 0.504 e. The van der Waals surface area contributed by atoms with Gasteiger partial charge in [-0.2, -0.15) is 18.3 Å². The lowest BCUT2D eigenvalue weighted by molar-refractivity contribution is -0.137. The highest BCUT2D eigenvalue weighted by molar-refractivity contribution is 5.81. The summed E-state index contributed by atoms with van der Waals surface area (Å²) >= 11 is 0. The molecular formula is C14H12F3N3O2. The van der Waals surface area contributed by atoms with Crippen LogP contribution in [-0.2, 0) is 6.18 Å². The highest BCUT2D eigenvalue weighted by Gasteiger charge is 2.30. The topological polar surface area (TPSA) is 66.7 Å². The van der Waals surface area contributed by atoms with Crippen molar-refractivity contribution in [1.29, 1.82) is 0 Å². The summed E-state index contributed by atoms with van der Waals surface area (Å²) in [6.07, 6.45) is -2.31. The molecule has 0 saturated heterocycles. The summed E-state index contributed by atoms with van der Waals surface area (Å²) in [5.41, 5.74) is 2.25. The maximum absolute atomic E-state index is 12.4. The molecule has 0 spiro atoms. The van der Waals surface area contributed by atoms with Gasteiger partial charge >= 0.3 is 6.18 Å². The third kappa shape index (κ3) is 3.87. The number of benzene rings is 1. The van der Waals surface area contributed by atoms with E-state index in [1.807, 2.05) is 0 Å². The molecule has 2 N–H and O–H groups in total. The van der Waals surface area contributed by atoms with Gasteiger partial charge in [-0.25, -0.2) is 4.98 Å². The predicted molar refractivity (Wildman–Crippen MR) is 75.1 cm³/mol. The Hall–Kier alpha value is -2.77. The number of alkyl halides is 3. The van der Waals surface area contributed by atoms with E-state index in [9.17, 15) is 18.3 Å². The smallest absolute Gasteiger partial charge is 0.417 e. The minimum Gasteiger partial charge on any atom is -0.504 e. The molecule has 5 nitrogen and oxygen atoms in total. The van der Waals surface area contributed by atoms with Gasteiger partial charge in [0.05, 0.1) is 18.9 Å². The van der Waals surface area contributed by atoms with Crippen LogP contribution >= 0.6 is 0 Å². The predicted octanol–water partition coefficient (Wildman–Crippen LogP) is 3.26. The molecule has 0 amide bonds. The highest BCUT2D eigenvalue weighted by Crippen LogP contribution is 2.29. The number of anilines is 1. The van der Waals surface area contributed by atoms with Gasteiger partial charge in [-0.15, -0.1) is 0 Å². The lowest BCUT2D eigenvalue weighted by Gasteiger charge is -2.06. The molecule has 0 radical (unpaired) electrons. The van der Waals surface area contributed by atoms with Gasteiger partial charge in [0, 0.05) is 6.20 Å². The zero-order valence-corrected chi connectivity index (χ0v) is 11.4. The number of phenolic OH excluding ortho intramolecular Hbond substituents is 1. The molecule has 1 heterocycles. The fourth-order valence-electron chi connectivity index (χ4n) is 1.59. The number of hydrazone groups is 1. The maximum Gasteiger partial charge on any atom is 0.417 e. The van der Waals surface area contributed by atoms with Gasteiger partial charge < -0.3 is 9.84 Å². The second-order valence-electron chi connectivity index (χ2n) is 4.23. The number of pyridine rings is 1. The molecule has 8 heteroatoms. The number of phenols is 1. The first-order valence-electron chi connectivity index (χ1n) is 6.09. The number of methoxy groups -OCH3 is 1. The van der Waals surface area contributed by atoms with Crippen molar-refractivity contribution in [1.82, 2.24) is 4.98 Å². The van der Waals surface area contributed by atoms with Gasteiger partial charge in [0.1, 0.15) is 5.82 Å². The molecule has 0 aliphatic carbocycles. The van der Waals surface area contributed by atoms with Gasteiger partial charge in [-0.1, -0.05) is 0 Å². The molecule has 0 fully saturated rings. The number of nitrogens with zero attached hydrogens (tertiary/aromatic N) is 2. The summed E-state index contributed by atoms with van der Waals surface area (Å²) in [7, 11) is 1.43. The summed E-state index contributed by atoms with van der Waals surface area (Å²) in [6, 6.07) is 6.73. The van der Waals surface area contributed by atoms with Crippen LogP contribution in [0.5, 0.6) is 11.5 Å². The Morgan fingerprint density at radius 3 is 2.59 bits per heavy atom. The number of aromatic nitrogens is 1. The lowest BCUT2D eigenvalue weighted by atomic mass is 10.2. The van der Waals surface area contributed by atoms with Crippen molar-refractivity contribution >= 4 is 12.0 Å². The second-order valence-corrected chi connectivity index (χ2v) is 4.23. The Morgan fingerprint density at radius 2 is 2.05 bits per heavy atom. The fourth-order valence-corrected chi connectivity index (χ4v) is 1.59. The molecule has 2 aromatic rings. The van der Waals surface area contributed by atoms with Crippen molar-refractivity contribution in [2.75, 3.05) is 12.5 Å². The van der Waals surface area contributed by atoms with E-state index in [-0.39, 0.29) is 11.6 Å². The van der Waals surface area contributed by atoms with Crippen LogP contribution in [0.2, 0.25) is 0 Å². The van der Waals surface area contributed by atoms with Gasteiger partial charge in [-0.05, 0) is 35.9 Å². The molecule has 1 aromatic heterocycles. The van der Waals surface area contributed by atoms with Gasteiger partial charge in [0.2, 0.25) is 0 Å². The first-order chi connectivity index (χ1) is 10.4. The molecule has 2 rings (SSSR count). The minimum absolute atomic E-state index is 0.0425. The Labute approximate surface area is 124 Å². The minimum atomic E-state index is -4.42. The molecule has 1 aromatic carbocycles. The zero-order chi connectivity index (χ0) is 16.2. The molecule has 0 saturated carbocycles. The number of rotatable bonds is 4. The molecule has 0 unspecified atom stereocenters. The Kier molecular flexibility index (Phi) is 4.50. The normalized spacial score (nSPS) is 11.6. The molecule has 0 bridgehead atoms. The van der Waals surface area contributed by atoms with Crippen molar-refractivity contribution in [3.63, 3.8) is 0 Å². The van der Waals surface area contributed by atoms with E-state index in [1.165, 1.54) is 25.5 Å². The van der Waals surface area contributed by atoms with E-state index in [4.69, 9.17) is 4.74 Å². The number of halogens is 3. The van der Waals surface area contributed by atoms with E-state index in [1.54, 1.807) is 12.1 Å². The van der Waals surface area contributed by atoms with Crippen LogP contribution < -0.4 is 10.2 Å². The number of ether oxygens (including phenoxy) is 1. The fraction of sp³-hybridized carbons (Fsp3) is 0.143. The number of aromatic hydroxyl groups is 1. The molecule has 0 aliphatic rings. The summed E-state index contributed by atoms with van der Waals surface area (Å²) in [4.78, 5) is 3.61. The van der Waals surface area contributed by atoms with Crippen LogP contribution in [0.15, 0.2) is 41.6 Å². The Bertz CT molecular complexity index is 670. The third-order valence-electron chi connectivity index (χ3n) is 2.69. The van der Waals surface area contributed by atoms with Crippen LogP contribution in [0.25, 0.3) is 0 Å². The third-order valence-corrected chi connectivity index (χ3v) is 2.69. The molecular weight excluding hydrogens is 299 g/mol. The van der Waals surface area contributed by atoms with Crippen molar-refractivity contribution in [2.45, 2.75) is 6.18 Å². The van der Waals surface area contributed by atoms with Crippen molar-refractivity contribution < 1.29 is 23.0 Å². The zero-order valence-electron chi connectivity index (χ0n) is 11.4. The first-order valence-corrected chi connectivity index (χ1v) is 6.09. The maximum atomic E-state index is 12.4. The van der Waals surface area contributed by atoms with E-state index < -0.39 is 11.7 Å². The molecule has 116 valence electrons. The van der Waals surface area contributed by atoms with Crippen molar-refractivity contribution in [3.8, 4) is 11.5 Å². The monoisotopic (exact) mass is 311 g/mol. The van der Waals surface area contributed by atoms with Crippen LogP contribution in [0.4, 0.5) is 19.0 Å². The van der Waals surface area contributed by atoms with Crippen molar-refractivity contribution in [2.24, 2.45) is 5.10 Å². The number of hydrogen-bond acceptors (Lipinski definition) is 5. The number of nitrogens with one attached hydrogen (secondary N) is 1.